The molecule has 0 aliphatic heterocycles. The summed E-state index contributed by atoms with van der Waals surface area (Å²) in [7, 11) is 0. The molecule has 7 nitrogen and oxygen atoms in total. The maximum Gasteiger partial charge on any atom is 0.356 e. The van der Waals surface area contributed by atoms with Crippen molar-refractivity contribution in [1.82, 2.24) is 19.5 Å². The average molecular weight is 282 g/mol. The number of benzene rings is 1. The highest BCUT2D eigenvalue weighted by atomic mass is 16.4. The van der Waals surface area contributed by atoms with Crippen molar-refractivity contribution in [1.29, 1.82) is 0 Å². The number of hydrogen-bond donors (Lipinski definition) is 2. The second-order valence-corrected chi connectivity index (χ2v) is 4.26. The van der Waals surface area contributed by atoms with E-state index >= 15 is 0 Å². The van der Waals surface area contributed by atoms with E-state index in [1.165, 1.54) is 18.6 Å². The van der Waals surface area contributed by atoms with E-state index in [1.54, 1.807) is 4.57 Å². The van der Waals surface area contributed by atoms with E-state index in [0.717, 1.165) is 5.69 Å². The Morgan fingerprint density at radius 1 is 1.24 bits per heavy atom. The molecular weight excluding hydrogens is 272 g/mol. The molecule has 0 atom stereocenters. The number of carbonyl (C=O) groups is 1. The molecule has 0 unspecified atom stereocenters. The van der Waals surface area contributed by atoms with Crippen molar-refractivity contribution in [3.8, 4) is 17.2 Å². The number of carboxylic acid groups (broad SMARTS) is 1. The second-order valence-electron chi connectivity index (χ2n) is 4.26. The number of rotatable bonds is 3. The molecule has 0 bridgehead atoms. The van der Waals surface area contributed by atoms with Crippen molar-refractivity contribution in [2.24, 2.45) is 0 Å². The fourth-order valence-electron chi connectivity index (χ4n) is 1.94. The van der Waals surface area contributed by atoms with E-state index in [2.05, 4.69) is 15.0 Å². The van der Waals surface area contributed by atoms with Gasteiger partial charge in [-0.05, 0) is 12.1 Å². The molecular formula is C14H10N4O3. The van der Waals surface area contributed by atoms with Crippen LogP contribution in [0.4, 0.5) is 0 Å². The minimum absolute atomic E-state index is 0.115. The number of H-pyrrole nitrogens is 1. The third-order valence-corrected chi connectivity index (χ3v) is 2.87. The van der Waals surface area contributed by atoms with E-state index < -0.39 is 5.97 Å². The first kappa shape index (κ1) is 12.8. The van der Waals surface area contributed by atoms with Crippen molar-refractivity contribution in [3.05, 3.63) is 65.0 Å². The normalized spacial score (nSPS) is 10.5. The molecule has 0 saturated carbocycles. The van der Waals surface area contributed by atoms with Gasteiger partial charge in [0.15, 0.2) is 11.5 Å². The maximum atomic E-state index is 11.4. The van der Waals surface area contributed by atoms with Crippen LogP contribution in [0.5, 0.6) is 0 Å². The molecule has 3 rings (SSSR count). The topological polar surface area (TPSA) is 101 Å². The van der Waals surface area contributed by atoms with Crippen LogP contribution in [-0.2, 0) is 0 Å². The molecule has 7 heteroatoms. The molecule has 0 spiro atoms. The lowest BCUT2D eigenvalue weighted by Crippen LogP contribution is -2.06. The van der Waals surface area contributed by atoms with Crippen LogP contribution in [0.1, 0.15) is 10.5 Å². The summed E-state index contributed by atoms with van der Waals surface area (Å²) in [6, 6.07) is 10.4. The van der Waals surface area contributed by atoms with Crippen LogP contribution in [0, 0.1) is 0 Å². The lowest BCUT2D eigenvalue weighted by molar-refractivity contribution is 0.0691. The molecule has 21 heavy (non-hydrogen) atoms. The highest BCUT2D eigenvalue weighted by molar-refractivity contribution is 5.86. The van der Waals surface area contributed by atoms with Crippen molar-refractivity contribution < 1.29 is 9.90 Å². The van der Waals surface area contributed by atoms with Crippen molar-refractivity contribution in [2.75, 3.05) is 0 Å². The highest BCUT2D eigenvalue weighted by Gasteiger charge is 2.16. The Balaban J connectivity index is 2.24. The minimum atomic E-state index is -1.14. The van der Waals surface area contributed by atoms with Gasteiger partial charge in [-0.2, -0.15) is 0 Å². The van der Waals surface area contributed by atoms with Gasteiger partial charge < -0.3 is 10.1 Å². The standard InChI is InChI=1S/C14H10N4O3/c19-12-6-10(15-8-16-12)13-17-11(14(20)21)7-18(13)9-4-2-1-3-5-9/h1-8H,(H,20,21)(H,15,16,19). The first-order valence-electron chi connectivity index (χ1n) is 6.08. The molecule has 2 aromatic heterocycles. The summed E-state index contributed by atoms with van der Waals surface area (Å²) in [5, 5.41) is 9.11. The average Bonchev–Trinajstić information content (AvgIpc) is 2.93. The Bertz CT molecular complexity index is 852. The molecule has 0 aliphatic carbocycles. The van der Waals surface area contributed by atoms with Crippen LogP contribution < -0.4 is 5.56 Å². The van der Waals surface area contributed by atoms with Crippen molar-refractivity contribution in [3.63, 3.8) is 0 Å². The summed E-state index contributed by atoms with van der Waals surface area (Å²) in [6.45, 7) is 0. The van der Waals surface area contributed by atoms with E-state index in [9.17, 15) is 9.59 Å². The Hall–Kier alpha value is -3.22. The summed E-state index contributed by atoms with van der Waals surface area (Å²) in [4.78, 5) is 33.0. The van der Waals surface area contributed by atoms with Gasteiger partial charge in [-0.3, -0.25) is 9.36 Å². The molecule has 104 valence electrons. The Kier molecular flexibility index (Phi) is 3.07. The third-order valence-electron chi connectivity index (χ3n) is 2.87. The van der Waals surface area contributed by atoms with Gasteiger partial charge in [0, 0.05) is 18.0 Å². The number of aromatic carboxylic acids is 1. The number of aromatic nitrogens is 4. The van der Waals surface area contributed by atoms with Crippen molar-refractivity contribution in [2.45, 2.75) is 0 Å². The first-order valence-corrected chi connectivity index (χ1v) is 6.08. The van der Waals surface area contributed by atoms with Crippen LogP contribution >= 0.6 is 0 Å². The summed E-state index contributed by atoms with van der Waals surface area (Å²) in [5.41, 5.74) is 0.583. The van der Waals surface area contributed by atoms with Gasteiger partial charge in [0.05, 0.1) is 6.33 Å². The Morgan fingerprint density at radius 3 is 2.67 bits per heavy atom. The Morgan fingerprint density at radius 2 is 2.00 bits per heavy atom. The van der Waals surface area contributed by atoms with Gasteiger partial charge in [0.25, 0.3) is 5.56 Å². The fraction of sp³-hybridized carbons (Fsp3) is 0. The summed E-state index contributed by atoms with van der Waals surface area (Å²) in [6.07, 6.45) is 2.65. The monoisotopic (exact) mass is 282 g/mol. The van der Waals surface area contributed by atoms with Gasteiger partial charge in [-0.25, -0.2) is 14.8 Å². The zero-order valence-corrected chi connectivity index (χ0v) is 10.7. The number of aromatic amines is 1. The molecule has 0 radical (unpaired) electrons. The van der Waals surface area contributed by atoms with Crippen LogP contribution in [0.15, 0.2) is 53.7 Å². The van der Waals surface area contributed by atoms with Crippen LogP contribution in [0.25, 0.3) is 17.2 Å². The molecule has 1 aromatic carbocycles. The lowest BCUT2D eigenvalue weighted by Gasteiger charge is -2.06. The summed E-state index contributed by atoms with van der Waals surface area (Å²) < 4.78 is 1.59. The number of imidazole rings is 1. The predicted molar refractivity (Wildman–Crippen MR) is 74.4 cm³/mol. The van der Waals surface area contributed by atoms with Crippen molar-refractivity contribution >= 4 is 5.97 Å². The van der Waals surface area contributed by atoms with Crippen LogP contribution in [0.3, 0.4) is 0 Å². The molecule has 0 aliphatic rings. The smallest absolute Gasteiger partial charge is 0.356 e. The SMILES string of the molecule is O=C(O)c1cn(-c2ccccc2)c(-c2cc(=O)[nH]cn2)n1. The minimum Gasteiger partial charge on any atom is -0.476 e. The number of carboxylic acids is 1. The number of hydrogen-bond acceptors (Lipinski definition) is 4. The summed E-state index contributed by atoms with van der Waals surface area (Å²) >= 11 is 0. The first-order chi connectivity index (χ1) is 10.1. The Labute approximate surface area is 118 Å². The zero-order valence-electron chi connectivity index (χ0n) is 10.7. The quantitative estimate of drug-likeness (QED) is 0.754. The second kappa shape index (κ2) is 5.04. The molecule has 0 amide bonds. The van der Waals surface area contributed by atoms with Gasteiger partial charge in [-0.1, -0.05) is 18.2 Å². The van der Waals surface area contributed by atoms with E-state index in [0.29, 0.717) is 11.5 Å². The van der Waals surface area contributed by atoms with Gasteiger partial charge in [0.2, 0.25) is 0 Å². The van der Waals surface area contributed by atoms with Gasteiger partial charge in [-0.15, -0.1) is 0 Å². The third kappa shape index (κ3) is 2.44. The molecule has 0 fully saturated rings. The largest absolute Gasteiger partial charge is 0.476 e. The van der Waals surface area contributed by atoms with Gasteiger partial charge in [0.1, 0.15) is 5.69 Å². The highest BCUT2D eigenvalue weighted by Crippen LogP contribution is 2.20. The van der Waals surface area contributed by atoms with E-state index in [1.807, 2.05) is 30.3 Å². The van der Waals surface area contributed by atoms with E-state index in [4.69, 9.17) is 5.11 Å². The summed E-state index contributed by atoms with van der Waals surface area (Å²) in [5.74, 6) is -0.847. The van der Waals surface area contributed by atoms with Gasteiger partial charge >= 0.3 is 5.97 Å². The van der Waals surface area contributed by atoms with Crippen LogP contribution in [0.2, 0.25) is 0 Å². The maximum absolute atomic E-state index is 11.4. The van der Waals surface area contributed by atoms with E-state index in [-0.39, 0.29) is 11.3 Å². The molecule has 0 saturated heterocycles. The lowest BCUT2D eigenvalue weighted by atomic mass is 10.3. The predicted octanol–water partition coefficient (Wildman–Crippen LogP) is 1.32. The molecule has 2 N–H and O–H groups in total. The zero-order chi connectivity index (χ0) is 14.8. The number of para-hydroxylation sites is 1. The molecule has 2 heterocycles. The fourth-order valence-corrected chi connectivity index (χ4v) is 1.94. The number of nitrogens with one attached hydrogen (secondary N) is 1. The molecule has 3 aromatic rings. The van der Waals surface area contributed by atoms with Crippen LogP contribution in [-0.4, -0.2) is 30.6 Å². The number of nitrogens with zero attached hydrogens (tertiary/aromatic N) is 3.